The molecule has 0 aliphatic heterocycles. The Labute approximate surface area is 135 Å². The van der Waals surface area contributed by atoms with Gasteiger partial charge in [0.15, 0.2) is 6.61 Å². The summed E-state index contributed by atoms with van der Waals surface area (Å²) in [7, 11) is 0. The average molecular weight is 333 g/mol. The number of furan rings is 1. The van der Waals surface area contributed by atoms with Crippen molar-refractivity contribution in [1.29, 1.82) is 0 Å². The van der Waals surface area contributed by atoms with Gasteiger partial charge < -0.3 is 14.5 Å². The Bertz CT molecular complexity index is 924. The molecule has 2 aromatic heterocycles. The van der Waals surface area contributed by atoms with Crippen molar-refractivity contribution >= 4 is 22.7 Å². The SMILES string of the molecule is Cc1oc2ncnc(OCC(=O)Nc3ccc(F)cc3F)c2c1C. The molecule has 24 heavy (non-hydrogen) atoms. The highest BCUT2D eigenvalue weighted by Gasteiger charge is 2.16. The van der Waals surface area contributed by atoms with Crippen molar-refractivity contribution in [2.75, 3.05) is 11.9 Å². The van der Waals surface area contributed by atoms with Gasteiger partial charge in [-0.05, 0) is 26.0 Å². The first-order valence-corrected chi connectivity index (χ1v) is 7.04. The Balaban J connectivity index is 1.73. The molecule has 3 rings (SSSR count). The van der Waals surface area contributed by atoms with Crippen LogP contribution in [0.25, 0.3) is 11.1 Å². The molecule has 1 aromatic carbocycles. The molecule has 0 fully saturated rings. The number of carbonyl (C=O) groups excluding carboxylic acids is 1. The van der Waals surface area contributed by atoms with Gasteiger partial charge in [-0.1, -0.05) is 0 Å². The standard InChI is InChI=1S/C16H13F2N3O3/c1-8-9(2)24-16-14(8)15(19-7-20-16)23-6-13(22)21-12-4-3-10(17)5-11(12)18/h3-5,7H,6H2,1-2H3,(H,21,22). The molecule has 1 amide bonds. The third kappa shape index (κ3) is 3.03. The fourth-order valence-corrected chi connectivity index (χ4v) is 2.17. The highest BCUT2D eigenvalue weighted by atomic mass is 19.1. The van der Waals surface area contributed by atoms with E-state index in [1.165, 1.54) is 6.33 Å². The number of hydrogen-bond acceptors (Lipinski definition) is 5. The summed E-state index contributed by atoms with van der Waals surface area (Å²) in [5.41, 5.74) is 1.04. The van der Waals surface area contributed by atoms with Crippen LogP contribution in [0.4, 0.5) is 14.5 Å². The lowest BCUT2D eigenvalue weighted by Gasteiger charge is -2.08. The summed E-state index contributed by atoms with van der Waals surface area (Å²) in [5, 5.41) is 2.88. The van der Waals surface area contributed by atoms with E-state index in [1.54, 1.807) is 6.92 Å². The molecular weight excluding hydrogens is 320 g/mol. The fourth-order valence-electron chi connectivity index (χ4n) is 2.17. The highest BCUT2D eigenvalue weighted by molar-refractivity contribution is 5.92. The lowest BCUT2D eigenvalue weighted by atomic mass is 10.2. The number of carbonyl (C=O) groups is 1. The molecule has 0 bridgehead atoms. The van der Waals surface area contributed by atoms with Gasteiger partial charge in [0.2, 0.25) is 11.6 Å². The molecule has 124 valence electrons. The van der Waals surface area contributed by atoms with Crippen molar-refractivity contribution in [2.45, 2.75) is 13.8 Å². The van der Waals surface area contributed by atoms with Gasteiger partial charge in [-0.25, -0.2) is 18.7 Å². The summed E-state index contributed by atoms with van der Waals surface area (Å²) in [6.07, 6.45) is 1.26. The summed E-state index contributed by atoms with van der Waals surface area (Å²) in [5.74, 6) is -1.33. The summed E-state index contributed by atoms with van der Waals surface area (Å²) < 4.78 is 37.2. The molecule has 0 saturated carbocycles. The Hall–Kier alpha value is -3.03. The van der Waals surface area contributed by atoms with E-state index in [1.807, 2.05) is 6.92 Å². The molecule has 0 unspecified atom stereocenters. The maximum Gasteiger partial charge on any atom is 0.262 e. The minimum atomic E-state index is -0.867. The molecule has 8 heteroatoms. The monoisotopic (exact) mass is 333 g/mol. The van der Waals surface area contributed by atoms with E-state index in [9.17, 15) is 13.6 Å². The van der Waals surface area contributed by atoms with Gasteiger partial charge in [0.25, 0.3) is 5.91 Å². The highest BCUT2D eigenvalue weighted by Crippen LogP contribution is 2.29. The summed E-state index contributed by atoms with van der Waals surface area (Å²) in [6.45, 7) is 3.21. The molecule has 0 atom stereocenters. The molecule has 1 N–H and O–H groups in total. The number of aromatic nitrogens is 2. The lowest BCUT2D eigenvalue weighted by molar-refractivity contribution is -0.118. The number of rotatable bonds is 4. The predicted molar refractivity (Wildman–Crippen MR) is 81.8 cm³/mol. The van der Waals surface area contributed by atoms with Crippen LogP contribution in [0.1, 0.15) is 11.3 Å². The van der Waals surface area contributed by atoms with Crippen molar-refractivity contribution < 1.29 is 22.7 Å². The third-order valence-corrected chi connectivity index (χ3v) is 3.48. The molecule has 0 aliphatic rings. The minimum Gasteiger partial charge on any atom is -0.467 e. The van der Waals surface area contributed by atoms with Crippen molar-refractivity contribution in [3.63, 3.8) is 0 Å². The number of aryl methyl sites for hydroxylation is 2. The van der Waals surface area contributed by atoms with Crippen molar-refractivity contribution in [3.8, 4) is 5.88 Å². The molecule has 6 nitrogen and oxygen atoms in total. The molecule has 0 saturated heterocycles. The third-order valence-electron chi connectivity index (χ3n) is 3.48. The maximum atomic E-state index is 13.5. The van der Waals surface area contributed by atoms with Gasteiger partial charge in [0.1, 0.15) is 29.1 Å². The van der Waals surface area contributed by atoms with E-state index in [4.69, 9.17) is 9.15 Å². The lowest BCUT2D eigenvalue weighted by Crippen LogP contribution is -2.21. The van der Waals surface area contributed by atoms with E-state index in [-0.39, 0.29) is 11.6 Å². The zero-order valence-electron chi connectivity index (χ0n) is 12.9. The number of ether oxygens (including phenoxy) is 1. The molecule has 0 spiro atoms. The fraction of sp³-hybridized carbons (Fsp3) is 0.188. The average Bonchev–Trinajstić information content (AvgIpc) is 2.83. The molecule has 3 aromatic rings. The van der Waals surface area contributed by atoms with E-state index in [0.29, 0.717) is 22.9 Å². The first-order valence-electron chi connectivity index (χ1n) is 7.04. The number of anilines is 1. The summed E-state index contributed by atoms with van der Waals surface area (Å²) in [6, 6.07) is 2.86. The van der Waals surface area contributed by atoms with Crippen LogP contribution in [-0.2, 0) is 4.79 Å². The number of benzene rings is 1. The van der Waals surface area contributed by atoms with Crippen LogP contribution in [-0.4, -0.2) is 22.5 Å². The van der Waals surface area contributed by atoms with Crippen molar-refractivity contribution in [1.82, 2.24) is 9.97 Å². The number of amides is 1. The maximum absolute atomic E-state index is 13.5. The second-order valence-corrected chi connectivity index (χ2v) is 5.10. The summed E-state index contributed by atoms with van der Waals surface area (Å²) in [4.78, 5) is 19.9. The number of nitrogens with one attached hydrogen (secondary N) is 1. The zero-order valence-corrected chi connectivity index (χ0v) is 12.9. The van der Waals surface area contributed by atoms with Crippen molar-refractivity contribution in [2.24, 2.45) is 0 Å². The van der Waals surface area contributed by atoms with Crippen LogP contribution in [0.15, 0.2) is 28.9 Å². The second-order valence-electron chi connectivity index (χ2n) is 5.10. The van der Waals surface area contributed by atoms with Crippen LogP contribution < -0.4 is 10.1 Å². The van der Waals surface area contributed by atoms with E-state index in [2.05, 4.69) is 15.3 Å². The Morgan fingerprint density at radius 3 is 2.83 bits per heavy atom. The molecular formula is C16H13F2N3O3. The van der Waals surface area contributed by atoms with Gasteiger partial charge in [0, 0.05) is 11.6 Å². The van der Waals surface area contributed by atoms with Gasteiger partial charge in [-0.2, -0.15) is 0 Å². The first-order chi connectivity index (χ1) is 11.5. The number of hydrogen-bond donors (Lipinski definition) is 1. The topological polar surface area (TPSA) is 77.2 Å². The minimum absolute atomic E-state index is 0.131. The van der Waals surface area contributed by atoms with E-state index < -0.39 is 24.1 Å². The van der Waals surface area contributed by atoms with Crippen LogP contribution in [0, 0.1) is 25.5 Å². The normalized spacial score (nSPS) is 10.8. The van der Waals surface area contributed by atoms with Gasteiger partial charge in [-0.3, -0.25) is 4.79 Å². The Morgan fingerprint density at radius 1 is 1.29 bits per heavy atom. The van der Waals surface area contributed by atoms with Crippen molar-refractivity contribution in [3.05, 3.63) is 47.5 Å². The number of fused-ring (bicyclic) bond motifs is 1. The molecule has 2 heterocycles. The predicted octanol–water partition coefficient (Wildman–Crippen LogP) is 3.14. The Morgan fingerprint density at radius 2 is 2.08 bits per heavy atom. The first kappa shape index (κ1) is 15.9. The Kier molecular flexibility index (Phi) is 4.11. The summed E-state index contributed by atoms with van der Waals surface area (Å²) >= 11 is 0. The van der Waals surface area contributed by atoms with Crippen LogP contribution in [0.3, 0.4) is 0 Å². The van der Waals surface area contributed by atoms with E-state index >= 15 is 0 Å². The quantitative estimate of drug-likeness (QED) is 0.794. The van der Waals surface area contributed by atoms with Crippen LogP contribution >= 0.6 is 0 Å². The number of nitrogens with zero attached hydrogens (tertiary/aromatic N) is 2. The molecule has 0 radical (unpaired) electrons. The zero-order chi connectivity index (χ0) is 17.3. The van der Waals surface area contributed by atoms with Crippen LogP contribution in [0.2, 0.25) is 0 Å². The number of halogens is 2. The van der Waals surface area contributed by atoms with Gasteiger partial charge >= 0.3 is 0 Å². The smallest absolute Gasteiger partial charge is 0.262 e. The van der Waals surface area contributed by atoms with Gasteiger partial charge in [-0.15, -0.1) is 0 Å². The van der Waals surface area contributed by atoms with Crippen LogP contribution in [0.5, 0.6) is 5.88 Å². The van der Waals surface area contributed by atoms with Gasteiger partial charge in [0.05, 0.1) is 5.69 Å². The second kappa shape index (κ2) is 6.23. The largest absolute Gasteiger partial charge is 0.467 e. The van der Waals surface area contributed by atoms with E-state index in [0.717, 1.165) is 17.7 Å². The molecule has 0 aliphatic carbocycles.